The van der Waals surface area contributed by atoms with Gasteiger partial charge < -0.3 is 14.7 Å². The summed E-state index contributed by atoms with van der Waals surface area (Å²) in [6.07, 6.45) is 1.27. The summed E-state index contributed by atoms with van der Waals surface area (Å²) in [5.74, 6) is -1.51. The first-order chi connectivity index (χ1) is 7.97. The van der Waals surface area contributed by atoms with Crippen LogP contribution in [0.3, 0.4) is 0 Å². The fraction of sp³-hybridized carbons (Fsp3) is 0.833. The minimum atomic E-state index is -0.854. The summed E-state index contributed by atoms with van der Waals surface area (Å²) in [5, 5.41) is 9.11. The van der Waals surface area contributed by atoms with Crippen molar-refractivity contribution in [3.8, 4) is 0 Å². The third-order valence-electron chi connectivity index (χ3n) is 3.44. The van der Waals surface area contributed by atoms with E-state index in [-0.39, 0.29) is 11.8 Å². The molecule has 1 amide bonds. The molecule has 1 aliphatic carbocycles. The number of hydrogen-bond donors (Lipinski definition) is 1. The maximum atomic E-state index is 12.1. The van der Waals surface area contributed by atoms with Gasteiger partial charge in [-0.3, -0.25) is 9.59 Å². The largest absolute Gasteiger partial charge is 0.481 e. The van der Waals surface area contributed by atoms with Gasteiger partial charge in [0, 0.05) is 20.7 Å². The fourth-order valence-electron chi connectivity index (χ4n) is 2.46. The molecule has 1 rings (SSSR count). The van der Waals surface area contributed by atoms with Crippen LogP contribution in [-0.4, -0.2) is 49.2 Å². The maximum absolute atomic E-state index is 12.1. The van der Waals surface area contributed by atoms with Crippen molar-refractivity contribution in [2.75, 3.05) is 27.3 Å². The van der Waals surface area contributed by atoms with Gasteiger partial charge in [0.15, 0.2) is 0 Å². The van der Waals surface area contributed by atoms with Crippen LogP contribution in [0.5, 0.6) is 0 Å². The standard InChI is InChI=1S/C12H21NO4/c1-8-6-9(10(7-8)12(15)16)11(14)13(2)4-5-17-3/h8-10H,4-7H2,1-3H3,(H,15,16)/t8?,9-,10+/m0/s1. The van der Waals surface area contributed by atoms with E-state index in [1.54, 1.807) is 19.1 Å². The topological polar surface area (TPSA) is 66.8 Å². The van der Waals surface area contributed by atoms with Gasteiger partial charge in [-0.2, -0.15) is 0 Å². The summed E-state index contributed by atoms with van der Waals surface area (Å²) in [7, 11) is 3.28. The fourth-order valence-corrected chi connectivity index (χ4v) is 2.46. The van der Waals surface area contributed by atoms with E-state index >= 15 is 0 Å². The van der Waals surface area contributed by atoms with Gasteiger partial charge in [-0.15, -0.1) is 0 Å². The SMILES string of the molecule is COCCN(C)C(=O)[C@H]1CC(C)C[C@H]1C(=O)O. The Balaban J connectivity index is 2.63. The van der Waals surface area contributed by atoms with Gasteiger partial charge >= 0.3 is 5.97 Å². The van der Waals surface area contributed by atoms with Crippen LogP contribution < -0.4 is 0 Å². The second-order valence-corrected chi connectivity index (χ2v) is 4.88. The first kappa shape index (κ1) is 14.0. The van der Waals surface area contributed by atoms with Crippen molar-refractivity contribution in [3.63, 3.8) is 0 Å². The van der Waals surface area contributed by atoms with Crippen molar-refractivity contribution < 1.29 is 19.4 Å². The maximum Gasteiger partial charge on any atom is 0.307 e. The number of nitrogens with zero attached hydrogens (tertiary/aromatic N) is 1. The molecule has 0 radical (unpaired) electrons. The number of aliphatic carboxylic acids is 1. The minimum Gasteiger partial charge on any atom is -0.481 e. The molecule has 0 bridgehead atoms. The lowest BCUT2D eigenvalue weighted by atomic mass is 9.95. The second kappa shape index (κ2) is 6.00. The van der Waals surface area contributed by atoms with Crippen molar-refractivity contribution in [3.05, 3.63) is 0 Å². The molecule has 0 spiro atoms. The zero-order chi connectivity index (χ0) is 13.0. The van der Waals surface area contributed by atoms with E-state index in [4.69, 9.17) is 9.84 Å². The van der Waals surface area contributed by atoms with Crippen LogP contribution in [0.4, 0.5) is 0 Å². The molecule has 1 unspecified atom stereocenters. The van der Waals surface area contributed by atoms with E-state index in [1.165, 1.54) is 0 Å². The molecule has 0 aromatic carbocycles. The molecule has 0 aliphatic heterocycles. The molecule has 17 heavy (non-hydrogen) atoms. The molecule has 0 aromatic heterocycles. The molecular formula is C12H21NO4. The second-order valence-electron chi connectivity index (χ2n) is 4.88. The molecule has 0 saturated heterocycles. The van der Waals surface area contributed by atoms with Crippen molar-refractivity contribution >= 4 is 11.9 Å². The summed E-state index contributed by atoms with van der Waals surface area (Å²) >= 11 is 0. The molecule has 1 saturated carbocycles. The van der Waals surface area contributed by atoms with Crippen LogP contribution in [0.1, 0.15) is 19.8 Å². The first-order valence-corrected chi connectivity index (χ1v) is 5.94. The van der Waals surface area contributed by atoms with E-state index in [9.17, 15) is 9.59 Å². The third-order valence-corrected chi connectivity index (χ3v) is 3.44. The van der Waals surface area contributed by atoms with Crippen LogP contribution in [0.15, 0.2) is 0 Å². The smallest absolute Gasteiger partial charge is 0.307 e. The highest BCUT2D eigenvalue weighted by Gasteiger charge is 2.42. The van der Waals surface area contributed by atoms with E-state index < -0.39 is 11.9 Å². The van der Waals surface area contributed by atoms with Crippen molar-refractivity contribution in [2.45, 2.75) is 19.8 Å². The number of carboxylic acid groups (broad SMARTS) is 1. The number of ether oxygens (including phenoxy) is 1. The Bertz CT molecular complexity index is 292. The zero-order valence-electron chi connectivity index (χ0n) is 10.7. The number of hydrogen-bond acceptors (Lipinski definition) is 3. The predicted octanol–water partition coefficient (Wildman–Crippen LogP) is 0.838. The number of rotatable bonds is 5. The van der Waals surface area contributed by atoms with Crippen LogP contribution in [0, 0.1) is 17.8 Å². The number of carbonyl (C=O) groups is 2. The number of carbonyl (C=O) groups excluding carboxylic acids is 1. The highest BCUT2D eigenvalue weighted by atomic mass is 16.5. The van der Waals surface area contributed by atoms with E-state index in [2.05, 4.69) is 0 Å². The molecule has 1 fully saturated rings. The van der Waals surface area contributed by atoms with E-state index in [0.717, 1.165) is 0 Å². The van der Waals surface area contributed by atoms with Crippen LogP contribution in [-0.2, 0) is 14.3 Å². The first-order valence-electron chi connectivity index (χ1n) is 5.94. The summed E-state index contributed by atoms with van der Waals surface area (Å²) in [5.41, 5.74) is 0. The van der Waals surface area contributed by atoms with Gasteiger partial charge in [-0.25, -0.2) is 0 Å². The molecule has 98 valence electrons. The minimum absolute atomic E-state index is 0.0706. The Morgan fingerprint density at radius 2 is 1.94 bits per heavy atom. The van der Waals surface area contributed by atoms with Gasteiger partial charge in [0.05, 0.1) is 18.4 Å². The van der Waals surface area contributed by atoms with Gasteiger partial charge in [-0.05, 0) is 18.8 Å². The molecule has 3 atom stereocenters. The normalized spacial score (nSPS) is 28.1. The Hall–Kier alpha value is -1.10. The molecule has 1 N–H and O–H groups in total. The van der Waals surface area contributed by atoms with Crippen LogP contribution in [0.25, 0.3) is 0 Å². The summed E-state index contributed by atoms with van der Waals surface area (Å²) in [4.78, 5) is 24.8. The molecule has 0 heterocycles. The van der Waals surface area contributed by atoms with Gasteiger partial charge in [0.25, 0.3) is 0 Å². The van der Waals surface area contributed by atoms with E-state index in [0.29, 0.717) is 31.9 Å². The molecule has 5 heteroatoms. The lowest BCUT2D eigenvalue weighted by molar-refractivity contribution is -0.148. The average Bonchev–Trinajstić information content (AvgIpc) is 2.67. The van der Waals surface area contributed by atoms with Gasteiger partial charge in [0.2, 0.25) is 5.91 Å². The highest BCUT2D eigenvalue weighted by molar-refractivity contribution is 5.85. The Kier molecular flexibility index (Phi) is 4.93. The van der Waals surface area contributed by atoms with E-state index in [1.807, 2.05) is 6.92 Å². The molecule has 5 nitrogen and oxygen atoms in total. The Morgan fingerprint density at radius 1 is 1.35 bits per heavy atom. The van der Waals surface area contributed by atoms with Gasteiger partial charge in [-0.1, -0.05) is 6.92 Å². The number of methoxy groups -OCH3 is 1. The van der Waals surface area contributed by atoms with Crippen LogP contribution in [0.2, 0.25) is 0 Å². The number of carboxylic acids is 1. The highest BCUT2D eigenvalue weighted by Crippen LogP contribution is 2.37. The lowest BCUT2D eigenvalue weighted by Crippen LogP contribution is -2.38. The quantitative estimate of drug-likeness (QED) is 0.777. The number of amides is 1. The van der Waals surface area contributed by atoms with Crippen molar-refractivity contribution in [2.24, 2.45) is 17.8 Å². The number of likely N-dealkylation sites (N-methyl/N-ethyl adjacent to an activating group) is 1. The monoisotopic (exact) mass is 243 g/mol. The lowest BCUT2D eigenvalue weighted by Gasteiger charge is -2.23. The van der Waals surface area contributed by atoms with Gasteiger partial charge in [0.1, 0.15) is 0 Å². The summed E-state index contributed by atoms with van der Waals surface area (Å²) < 4.78 is 4.91. The molecular weight excluding hydrogens is 222 g/mol. The van der Waals surface area contributed by atoms with Crippen molar-refractivity contribution in [1.29, 1.82) is 0 Å². The Labute approximate surface area is 102 Å². The molecule has 0 aromatic rings. The average molecular weight is 243 g/mol. The van der Waals surface area contributed by atoms with Crippen molar-refractivity contribution in [1.82, 2.24) is 4.90 Å². The predicted molar refractivity (Wildman–Crippen MR) is 62.5 cm³/mol. The zero-order valence-corrected chi connectivity index (χ0v) is 10.7. The Morgan fingerprint density at radius 3 is 2.47 bits per heavy atom. The van der Waals surface area contributed by atoms with Crippen LogP contribution >= 0.6 is 0 Å². The summed E-state index contributed by atoms with van der Waals surface area (Å²) in [6.45, 7) is 2.98. The molecule has 1 aliphatic rings. The third kappa shape index (κ3) is 3.43. The summed E-state index contributed by atoms with van der Waals surface area (Å²) in [6, 6.07) is 0.